The summed E-state index contributed by atoms with van der Waals surface area (Å²) >= 11 is 0. The lowest BCUT2D eigenvalue weighted by atomic mass is 10.0. The predicted molar refractivity (Wildman–Crippen MR) is 155 cm³/mol. The molecule has 5 rings (SSSR count). The number of ether oxygens (including phenoxy) is 3. The molecule has 0 fully saturated rings. The largest absolute Gasteiger partial charge is 0.493 e. The molecule has 0 aliphatic heterocycles. The van der Waals surface area contributed by atoms with Crippen LogP contribution in [-0.2, 0) is 0 Å². The Morgan fingerprint density at radius 2 is 1.70 bits per heavy atom. The van der Waals surface area contributed by atoms with Crippen molar-refractivity contribution < 1.29 is 19.0 Å². The van der Waals surface area contributed by atoms with Crippen LogP contribution < -0.4 is 25.3 Å². The van der Waals surface area contributed by atoms with E-state index in [0.717, 1.165) is 27.7 Å². The first-order valence-corrected chi connectivity index (χ1v) is 12.8. The van der Waals surface area contributed by atoms with Gasteiger partial charge < -0.3 is 25.3 Å². The number of hydrogen-bond donors (Lipinski definition) is 2. The molecule has 2 aromatic heterocycles. The quantitative estimate of drug-likeness (QED) is 0.173. The number of carbonyl (C=O) groups excluding carboxylic acids is 1. The SMILES string of the molecule is COc1ccc(-c2cc(OCCCOc3ccc(C(=O)Nc4ccccc4N)cc3)c3ncnc(C)c3c2)cn1. The smallest absolute Gasteiger partial charge is 0.255 e. The Kier molecular flexibility index (Phi) is 8.01. The third-order valence-corrected chi connectivity index (χ3v) is 6.32. The van der Waals surface area contributed by atoms with Gasteiger partial charge in [-0.1, -0.05) is 12.1 Å². The van der Waals surface area contributed by atoms with E-state index in [9.17, 15) is 4.79 Å². The van der Waals surface area contributed by atoms with E-state index in [-0.39, 0.29) is 5.91 Å². The van der Waals surface area contributed by atoms with Crippen LogP contribution in [0.15, 0.2) is 85.3 Å². The molecule has 0 aliphatic carbocycles. The standard InChI is InChI=1S/C31H29N5O4/c1-20-25-16-23(22-10-13-29(38-2)33-18-22)17-28(30(25)35-19-34-20)40-15-5-14-39-24-11-8-21(9-12-24)31(37)36-27-7-4-3-6-26(27)32/h3-4,6-13,16-19H,5,14-15,32H2,1-2H3,(H,36,37). The molecule has 2 heterocycles. The van der Waals surface area contributed by atoms with Gasteiger partial charge in [0.1, 0.15) is 23.3 Å². The summed E-state index contributed by atoms with van der Waals surface area (Å²) < 4.78 is 17.2. The van der Waals surface area contributed by atoms with E-state index in [1.54, 1.807) is 56.0 Å². The number of hydrogen-bond acceptors (Lipinski definition) is 8. The average Bonchev–Trinajstić information content (AvgIpc) is 2.98. The minimum absolute atomic E-state index is 0.239. The van der Waals surface area contributed by atoms with Gasteiger partial charge in [-0.25, -0.2) is 15.0 Å². The highest BCUT2D eigenvalue weighted by atomic mass is 16.5. The Labute approximate surface area is 232 Å². The Hall–Kier alpha value is -5.18. The molecule has 3 N–H and O–H groups in total. The zero-order valence-electron chi connectivity index (χ0n) is 22.3. The van der Waals surface area contributed by atoms with Gasteiger partial charge in [-0.15, -0.1) is 0 Å². The number of para-hydroxylation sites is 2. The fraction of sp³-hybridized carbons (Fsp3) is 0.161. The van der Waals surface area contributed by atoms with Crippen molar-refractivity contribution in [1.82, 2.24) is 15.0 Å². The second kappa shape index (κ2) is 12.1. The lowest BCUT2D eigenvalue weighted by Crippen LogP contribution is -2.13. The minimum atomic E-state index is -0.239. The van der Waals surface area contributed by atoms with Crippen molar-refractivity contribution in [3.8, 4) is 28.5 Å². The molecule has 0 bridgehead atoms. The molecule has 0 saturated carbocycles. The fourth-order valence-electron chi connectivity index (χ4n) is 4.15. The van der Waals surface area contributed by atoms with Crippen LogP contribution >= 0.6 is 0 Å². The molecule has 9 nitrogen and oxygen atoms in total. The Balaban J connectivity index is 1.18. The van der Waals surface area contributed by atoms with Gasteiger partial charge >= 0.3 is 0 Å². The minimum Gasteiger partial charge on any atom is -0.493 e. The molecule has 0 saturated heterocycles. The summed E-state index contributed by atoms with van der Waals surface area (Å²) in [5.74, 6) is 1.65. The van der Waals surface area contributed by atoms with Crippen LogP contribution in [0.4, 0.5) is 11.4 Å². The van der Waals surface area contributed by atoms with E-state index < -0.39 is 0 Å². The van der Waals surface area contributed by atoms with Gasteiger partial charge in [-0.2, -0.15) is 0 Å². The highest BCUT2D eigenvalue weighted by Gasteiger charge is 2.12. The maximum atomic E-state index is 12.5. The number of fused-ring (bicyclic) bond motifs is 1. The van der Waals surface area contributed by atoms with E-state index >= 15 is 0 Å². The van der Waals surface area contributed by atoms with Gasteiger partial charge in [0.25, 0.3) is 5.91 Å². The molecule has 0 atom stereocenters. The van der Waals surface area contributed by atoms with E-state index in [0.29, 0.717) is 54.0 Å². The van der Waals surface area contributed by atoms with Gasteiger partial charge in [0, 0.05) is 40.9 Å². The van der Waals surface area contributed by atoms with Crippen molar-refractivity contribution in [2.24, 2.45) is 0 Å². The molecular formula is C31H29N5O4. The summed E-state index contributed by atoms with van der Waals surface area (Å²) in [6.45, 7) is 2.82. The summed E-state index contributed by atoms with van der Waals surface area (Å²) in [5.41, 5.74) is 11.0. The summed E-state index contributed by atoms with van der Waals surface area (Å²) in [6, 6.07) is 21.9. The molecule has 0 aliphatic rings. The number of nitrogens with two attached hydrogens (primary N) is 1. The van der Waals surface area contributed by atoms with Gasteiger partial charge in [0.2, 0.25) is 5.88 Å². The van der Waals surface area contributed by atoms with Crippen LogP contribution in [0.3, 0.4) is 0 Å². The van der Waals surface area contributed by atoms with Gasteiger partial charge in [0.15, 0.2) is 0 Å². The number of rotatable bonds is 10. The van der Waals surface area contributed by atoms with Gasteiger partial charge in [-0.05, 0) is 67.1 Å². The summed E-state index contributed by atoms with van der Waals surface area (Å²) in [7, 11) is 1.59. The number of nitrogen functional groups attached to an aromatic ring is 1. The van der Waals surface area contributed by atoms with E-state index in [2.05, 4.69) is 20.3 Å². The maximum Gasteiger partial charge on any atom is 0.255 e. The average molecular weight is 536 g/mol. The second-order valence-corrected chi connectivity index (χ2v) is 9.04. The second-order valence-electron chi connectivity index (χ2n) is 9.04. The number of methoxy groups -OCH3 is 1. The number of carbonyl (C=O) groups is 1. The number of nitrogens with zero attached hydrogens (tertiary/aromatic N) is 3. The first kappa shape index (κ1) is 26.4. The zero-order chi connectivity index (χ0) is 27.9. The number of aromatic nitrogens is 3. The number of amides is 1. The Bertz CT molecular complexity index is 1620. The normalized spacial score (nSPS) is 10.8. The van der Waals surface area contributed by atoms with Crippen molar-refractivity contribution >= 4 is 28.2 Å². The maximum absolute atomic E-state index is 12.5. The zero-order valence-corrected chi connectivity index (χ0v) is 22.3. The van der Waals surface area contributed by atoms with Crippen LogP contribution in [0.5, 0.6) is 17.4 Å². The Morgan fingerprint density at radius 1 is 0.900 bits per heavy atom. The van der Waals surface area contributed by atoms with Crippen molar-refractivity contribution in [2.75, 3.05) is 31.4 Å². The molecule has 5 aromatic rings. The molecule has 9 heteroatoms. The number of benzene rings is 3. The van der Waals surface area contributed by atoms with Crippen molar-refractivity contribution in [3.63, 3.8) is 0 Å². The van der Waals surface area contributed by atoms with E-state index in [1.165, 1.54) is 0 Å². The molecular weight excluding hydrogens is 506 g/mol. The monoisotopic (exact) mass is 535 g/mol. The fourth-order valence-corrected chi connectivity index (χ4v) is 4.15. The van der Waals surface area contributed by atoms with Crippen LogP contribution in [0.1, 0.15) is 22.5 Å². The predicted octanol–water partition coefficient (Wildman–Crippen LogP) is 5.69. The molecule has 202 valence electrons. The van der Waals surface area contributed by atoms with Crippen LogP contribution in [-0.4, -0.2) is 41.2 Å². The molecule has 3 aromatic carbocycles. The summed E-state index contributed by atoms with van der Waals surface area (Å²) in [6.07, 6.45) is 3.96. The van der Waals surface area contributed by atoms with E-state index in [1.807, 2.05) is 43.3 Å². The van der Waals surface area contributed by atoms with Gasteiger partial charge in [-0.3, -0.25) is 4.79 Å². The molecule has 40 heavy (non-hydrogen) atoms. The summed E-state index contributed by atoms with van der Waals surface area (Å²) in [4.78, 5) is 25.7. The topological polar surface area (TPSA) is 121 Å². The number of aryl methyl sites for hydroxylation is 1. The van der Waals surface area contributed by atoms with Gasteiger partial charge in [0.05, 0.1) is 31.7 Å². The molecule has 0 radical (unpaired) electrons. The first-order chi connectivity index (χ1) is 19.5. The molecule has 1 amide bonds. The first-order valence-electron chi connectivity index (χ1n) is 12.8. The number of anilines is 2. The van der Waals surface area contributed by atoms with Crippen molar-refractivity contribution in [3.05, 3.63) is 96.6 Å². The van der Waals surface area contributed by atoms with E-state index in [4.69, 9.17) is 19.9 Å². The van der Waals surface area contributed by atoms with Crippen LogP contribution in [0.2, 0.25) is 0 Å². The lowest BCUT2D eigenvalue weighted by Gasteiger charge is -2.13. The van der Waals surface area contributed by atoms with Crippen LogP contribution in [0.25, 0.3) is 22.0 Å². The highest BCUT2D eigenvalue weighted by Crippen LogP contribution is 2.32. The van der Waals surface area contributed by atoms with Crippen molar-refractivity contribution in [1.29, 1.82) is 0 Å². The third-order valence-electron chi connectivity index (χ3n) is 6.32. The van der Waals surface area contributed by atoms with Crippen molar-refractivity contribution in [2.45, 2.75) is 13.3 Å². The number of nitrogens with one attached hydrogen (secondary N) is 1. The Morgan fingerprint density at radius 3 is 2.45 bits per heavy atom. The lowest BCUT2D eigenvalue weighted by molar-refractivity contribution is 0.102. The third kappa shape index (κ3) is 6.10. The van der Waals surface area contributed by atoms with Crippen LogP contribution in [0, 0.1) is 6.92 Å². The molecule has 0 spiro atoms. The summed E-state index contributed by atoms with van der Waals surface area (Å²) in [5, 5.41) is 3.74. The molecule has 0 unspecified atom stereocenters. The number of pyridine rings is 1. The highest BCUT2D eigenvalue weighted by molar-refractivity contribution is 6.05.